The summed E-state index contributed by atoms with van der Waals surface area (Å²) >= 11 is 0. The second-order valence-electron chi connectivity index (χ2n) is 4.24. The molecule has 0 aromatic heterocycles. The Morgan fingerprint density at radius 2 is 2.20 bits per heavy atom. The van der Waals surface area contributed by atoms with E-state index < -0.39 is 0 Å². The highest BCUT2D eigenvalue weighted by Crippen LogP contribution is 2.16. The molecule has 1 amide bonds. The fourth-order valence-electron chi connectivity index (χ4n) is 2.12. The maximum atomic E-state index is 12.1. The van der Waals surface area contributed by atoms with Crippen molar-refractivity contribution in [2.24, 2.45) is 0 Å². The van der Waals surface area contributed by atoms with Gasteiger partial charge in [-0.05, 0) is 26.3 Å². The fourth-order valence-corrected chi connectivity index (χ4v) is 2.12. The van der Waals surface area contributed by atoms with Crippen LogP contribution in [0, 0.1) is 0 Å². The van der Waals surface area contributed by atoms with Crippen molar-refractivity contribution >= 4 is 5.91 Å². The molecule has 0 saturated carbocycles. The summed E-state index contributed by atoms with van der Waals surface area (Å²) in [5.74, 6) is 0.149. The average Bonchev–Trinajstić information content (AvgIpc) is 2.33. The predicted molar refractivity (Wildman–Crippen MR) is 59.6 cm³/mol. The quantitative estimate of drug-likeness (QED) is 0.735. The Bertz CT molecular complexity index is 221. The highest BCUT2D eigenvalue weighted by molar-refractivity contribution is 5.82. The van der Waals surface area contributed by atoms with Crippen molar-refractivity contribution in [1.29, 1.82) is 0 Å². The molecule has 1 rings (SSSR count). The van der Waals surface area contributed by atoms with Gasteiger partial charge in [-0.1, -0.05) is 6.92 Å². The third-order valence-electron chi connectivity index (χ3n) is 3.38. The first kappa shape index (κ1) is 12.5. The maximum absolute atomic E-state index is 12.1. The number of hydrogen-bond donors (Lipinski definition) is 1. The molecule has 0 aromatic carbocycles. The highest BCUT2D eigenvalue weighted by atomic mass is 16.3. The number of likely N-dealkylation sites (N-methyl/N-ethyl adjacent to an activating group) is 2. The molecule has 4 heteroatoms. The molecule has 4 nitrogen and oxygen atoms in total. The van der Waals surface area contributed by atoms with E-state index in [1.54, 1.807) is 0 Å². The topological polar surface area (TPSA) is 43.8 Å². The molecule has 2 atom stereocenters. The molecule has 0 bridgehead atoms. The third kappa shape index (κ3) is 2.69. The number of carbonyl (C=O) groups is 1. The van der Waals surface area contributed by atoms with Gasteiger partial charge in [-0.2, -0.15) is 0 Å². The fraction of sp³-hybridized carbons (Fsp3) is 0.909. The molecule has 0 spiro atoms. The van der Waals surface area contributed by atoms with Crippen LogP contribution in [0.5, 0.6) is 0 Å². The molecule has 15 heavy (non-hydrogen) atoms. The molecular formula is C11H22N2O2. The number of amides is 1. The lowest BCUT2D eigenvalue weighted by atomic mass is 10.1. The van der Waals surface area contributed by atoms with Gasteiger partial charge in [0.15, 0.2) is 0 Å². The number of aliphatic hydroxyl groups is 1. The Labute approximate surface area is 91.9 Å². The van der Waals surface area contributed by atoms with Crippen molar-refractivity contribution in [3.8, 4) is 0 Å². The normalized spacial score (nSPS) is 29.3. The molecule has 2 unspecified atom stereocenters. The molecule has 0 aromatic rings. The van der Waals surface area contributed by atoms with Crippen LogP contribution in [-0.4, -0.2) is 59.6 Å². The average molecular weight is 214 g/mol. The summed E-state index contributed by atoms with van der Waals surface area (Å²) in [6, 6.07) is 0.171. The van der Waals surface area contributed by atoms with Gasteiger partial charge in [-0.25, -0.2) is 0 Å². The lowest BCUT2D eigenvalue weighted by Crippen LogP contribution is -2.46. The van der Waals surface area contributed by atoms with Crippen LogP contribution in [0.1, 0.15) is 26.7 Å². The van der Waals surface area contributed by atoms with Crippen molar-refractivity contribution in [2.45, 2.75) is 38.8 Å². The van der Waals surface area contributed by atoms with Crippen LogP contribution in [-0.2, 0) is 4.79 Å². The van der Waals surface area contributed by atoms with E-state index in [0.29, 0.717) is 12.5 Å². The second kappa shape index (κ2) is 5.47. The van der Waals surface area contributed by atoms with E-state index in [-0.39, 0.29) is 18.6 Å². The Balaban J connectivity index is 2.80. The zero-order valence-electron chi connectivity index (χ0n) is 9.94. The zero-order valence-corrected chi connectivity index (χ0v) is 9.94. The van der Waals surface area contributed by atoms with E-state index in [0.717, 1.165) is 19.5 Å². The van der Waals surface area contributed by atoms with E-state index >= 15 is 0 Å². The summed E-state index contributed by atoms with van der Waals surface area (Å²) in [4.78, 5) is 16.1. The van der Waals surface area contributed by atoms with Gasteiger partial charge in [0.1, 0.15) is 0 Å². The summed E-state index contributed by atoms with van der Waals surface area (Å²) < 4.78 is 0. The predicted octanol–water partition coefficient (Wildman–Crippen LogP) is 0.310. The number of aliphatic hydroxyl groups excluding tert-OH is 1. The lowest BCUT2D eigenvalue weighted by Gasteiger charge is -2.28. The van der Waals surface area contributed by atoms with Crippen molar-refractivity contribution < 1.29 is 9.90 Å². The maximum Gasteiger partial charge on any atom is 0.239 e. The number of rotatable bonds is 3. The lowest BCUT2D eigenvalue weighted by molar-refractivity contribution is -0.136. The smallest absolute Gasteiger partial charge is 0.239 e. The molecule has 1 aliphatic heterocycles. The first-order valence-electron chi connectivity index (χ1n) is 5.73. The van der Waals surface area contributed by atoms with E-state index in [1.807, 2.05) is 11.9 Å². The number of carbonyl (C=O) groups excluding carboxylic acids is 1. The van der Waals surface area contributed by atoms with Gasteiger partial charge in [-0.15, -0.1) is 0 Å². The summed E-state index contributed by atoms with van der Waals surface area (Å²) in [6.07, 6.45) is 1.56. The Hall–Kier alpha value is -0.610. The minimum absolute atomic E-state index is 0.0785. The van der Waals surface area contributed by atoms with Crippen LogP contribution in [0.2, 0.25) is 0 Å². The van der Waals surface area contributed by atoms with Gasteiger partial charge >= 0.3 is 0 Å². The first-order valence-corrected chi connectivity index (χ1v) is 5.73. The van der Waals surface area contributed by atoms with Crippen LogP contribution in [0.25, 0.3) is 0 Å². The molecule has 1 aliphatic rings. The van der Waals surface area contributed by atoms with Gasteiger partial charge in [0.05, 0.1) is 6.04 Å². The van der Waals surface area contributed by atoms with Crippen molar-refractivity contribution in [2.75, 3.05) is 26.7 Å². The number of nitrogens with zero attached hydrogens (tertiary/aromatic N) is 2. The van der Waals surface area contributed by atoms with Crippen LogP contribution < -0.4 is 0 Å². The van der Waals surface area contributed by atoms with E-state index in [1.165, 1.54) is 0 Å². The molecule has 0 aliphatic carbocycles. The molecule has 1 fully saturated rings. The third-order valence-corrected chi connectivity index (χ3v) is 3.38. The van der Waals surface area contributed by atoms with Crippen LogP contribution in [0.3, 0.4) is 0 Å². The van der Waals surface area contributed by atoms with Crippen LogP contribution in [0.15, 0.2) is 0 Å². The van der Waals surface area contributed by atoms with E-state index in [4.69, 9.17) is 5.11 Å². The molecule has 1 N–H and O–H groups in total. The monoisotopic (exact) mass is 214 g/mol. The van der Waals surface area contributed by atoms with Gasteiger partial charge in [0.25, 0.3) is 0 Å². The molecular weight excluding hydrogens is 192 g/mol. The molecule has 0 radical (unpaired) electrons. The molecule has 1 heterocycles. The Kier molecular flexibility index (Phi) is 4.54. The molecule has 1 saturated heterocycles. The van der Waals surface area contributed by atoms with Gasteiger partial charge in [-0.3, -0.25) is 9.69 Å². The van der Waals surface area contributed by atoms with Gasteiger partial charge in [0, 0.05) is 26.2 Å². The largest absolute Gasteiger partial charge is 0.396 e. The minimum Gasteiger partial charge on any atom is -0.396 e. The summed E-state index contributed by atoms with van der Waals surface area (Å²) in [5, 5.41) is 9.00. The van der Waals surface area contributed by atoms with Crippen molar-refractivity contribution in [3.63, 3.8) is 0 Å². The summed E-state index contributed by atoms with van der Waals surface area (Å²) in [5.41, 5.74) is 0. The van der Waals surface area contributed by atoms with Crippen LogP contribution in [0.4, 0.5) is 0 Å². The van der Waals surface area contributed by atoms with E-state index in [2.05, 4.69) is 18.7 Å². The second-order valence-corrected chi connectivity index (χ2v) is 4.24. The summed E-state index contributed by atoms with van der Waals surface area (Å²) in [6.45, 7) is 6.03. The first-order chi connectivity index (χ1) is 7.11. The van der Waals surface area contributed by atoms with Crippen LogP contribution >= 0.6 is 0 Å². The Morgan fingerprint density at radius 3 is 2.73 bits per heavy atom. The van der Waals surface area contributed by atoms with E-state index in [9.17, 15) is 4.79 Å². The Morgan fingerprint density at radius 1 is 1.53 bits per heavy atom. The van der Waals surface area contributed by atoms with Crippen molar-refractivity contribution in [3.05, 3.63) is 0 Å². The minimum atomic E-state index is -0.130. The standard InChI is InChI=1S/C11H22N2O2/c1-4-13-7-5-9(2)12(3)11(15)10(13)6-8-14/h9-10,14H,4-8H2,1-3H3. The number of hydrogen-bond acceptors (Lipinski definition) is 3. The van der Waals surface area contributed by atoms with Crippen molar-refractivity contribution in [1.82, 2.24) is 9.80 Å². The highest BCUT2D eigenvalue weighted by Gasteiger charge is 2.32. The molecule has 88 valence electrons. The van der Waals surface area contributed by atoms with Gasteiger partial charge < -0.3 is 10.0 Å². The summed E-state index contributed by atoms with van der Waals surface area (Å²) in [7, 11) is 1.86. The SMILES string of the molecule is CCN1CCC(C)N(C)C(=O)C1CCO. The van der Waals surface area contributed by atoms with Gasteiger partial charge in [0.2, 0.25) is 5.91 Å². The zero-order chi connectivity index (χ0) is 11.4.